The van der Waals surface area contributed by atoms with Gasteiger partial charge in [-0.3, -0.25) is 0 Å². The number of hydrogen-bond acceptors (Lipinski definition) is 5. The predicted molar refractivity (Wildman–Crippen MR) is 93.2 cm³/mol. The first-order chi connectivity index (χ1) is 11.8. The molecule has 1 aliphatic rings. The summed E-state index contributed by atoms with van der Waals surface area (Å²) in [5, 5.41) is 14.2. The molecule has 2 N–H and O–H groups in total. The van der Waals surface area contributed by atoms with Crippen molar-refractivity contribution >= 4 is 11.8 Å². The zero-order valence-electron chi connectivity index (χ0n) is 13.6. The van der Waals surface area contributed by atoms with E-state index in [9.17, 15) is 4.39 Å². The molecule has 3 rings (SSSR count). The minimum absolute atomic E-state index is 0.243. The number of nitrogens with zero attached hydrogens (tertiary/aromatic N) is 3. The van der Waals surface area contributed by atoms with Gasteiger partial charge in [0.2, 0.25) is 5.95 Å². The molecule has 126 valence electrons. The van der Waals surface area contributed by atoms with Gasteiger partial charge in [-0.2, -0.15) is 10.1 Å². The monoisotopic (exact) mass is 327 g/mol. The van der Waals surface area contributed by atoms with Gasteiger partial charge < -0.3 is 10.6 Å². The number of benzene rings is 1. The van der Waals surface area contributed by atoms with Crippen LogP contribution in [0, 0.1) is 5.82 Å². The van der Waals surface area contributed by atoms with Gasteiger partial charge in [-0.25, -0.2) is 4.39 Å². The maximum atomic E-state index is 13.6. The summed E-state index contributed by atoms with van der Waals surface area (Å²) < 4.78 is 13.6. The topological polar surface area (TPSA) is 62.7 Å². The molecule has 0 amide bonds. The fourth-order valence-corrected chi connectivity index (χ4v) is 2.76. The fraction of sp³-hybridized carbons (Fsp3) is 0.389. The molecule has 2 aromatic rings. The smallest absolute Gasteiger partial charge is 0.244 e. The molecule has 1 aromatic heterocycles. The van der Waals surface area contributed by atoms with Crippen LogP contribution in [0.15, 0.2) is 42.1 Å². The van der Waals surface area contributed by atoms with Gasteiger partial charge in [0.25, 0.3) is 0 Å². The van der Waals surface area contributed by atoms with E-state index in [0.717, 1.165) is 13.0 Å². The lowest BCUT2D eigenvalue weighted by Gasteiger charge is -2.13. The van der Waals surface area contributed by atoms with Gasteiger partial charge in [-0.05, 0) is 38.2 Å². The highest BCUT2D eigenvalue weighted by Gasteiger charge is 2.05. The standard InChI is InChI=1S/C18H22FN5/c19-16-9-5-4-8-15(16)12-21-18-23-17(13-22-24-18)20-11-10-14-6-2-1-3-7-14/h4-6,8-9,13H,1-3,7,10-12H2,(H2,20,21,23,24). The van der Waals surface area contributed by atoms with Crippen LogP contribution in [0.1, 0.15) is 37.7 Å². The molecule has 0 radical (unpaired) electrons. The Labute approximate surface area is 141 Å². The van der Waals surface area contributed by atoms with Gasteiger partial charge in [-0.1, -0.05) is 29.8 Å². The second-order valence-electron chi connectivity index (χ2n) is 5.90. The number of aromatic nitrogens is 3. The van der Waals surface area contributed by atoms with Crippen LogP contribution >= 0.6 is 0 Å². The van der Waals surface area contributed by atoms with E-state index in [4.69, 9.17) is 0 Å². The first-order valence-electron chi connectivity index (χ1n) is 8.40. The van der Waals surface area contributed by atoms with Crippen molar-refractivity contribution in [1.82, 2.24) is 15.2 Å². The van der Waals surface area contributed by atoms with Gasteiger partial charge in [0.05, 0.1) is 6.20 Å². The molecule has 0 saturated carbocycles. The SMILES string of the molecule is Fc1ccccc1CNc1nncc(NCCC2=CCCCC2)n1. The highest BCUT2D eigenvalue weighted by molar-refractivity contribution is 5.37. The molecule has 0 atom stereocenters. The predicted octanol–water partition coefficient (Wildman–Crippen LogP) is 3.93. The summed E-state index contributed by atoms with van der Waals surface area (Å²) in [6.45, 7) is 1.15. The molecule has 1 aliphatic carbocycles. The van der Waals surface area contributed by atoms with Gasteiger partial charge in [0.1, 0.15) is 5.82 Å². The molecule has 0 unspecified atom stereocenters. The maximum Gasteiger partial charge on any atom is 0.244 e. The Morgan fingerprint density at radius 1 is 1.12 bits per heavy atom. The quantitative estimate of drug-likeness (QED) is 0.755. The van der Waals surface area contributed by atoms with Crippen LogP contribution < -0.4 is 10.6 Å². The first kappa shape index (κ1) is 16.4. The van der Waals surface area contributed by atoms with E-state index in [-0.39, 0.29) is 5.82 Å². The summed E-state index contributed by atoms with van der Waals surface area (Å²) in [5.74, 6) is 0.825. The third-order valence-electron chi connectivity index (χ3n) is 4.09. The summed E-state index contributed by atoms with van der Waals surface area (Å²) in [6.07, 6.45) is 10.00. The average molecular weight is 327 g/mol. The van der Waals surface area contributed by atoms with Crippen LogP contribution in [0.25, 0.3) is 0 Å². The van der Waals surface area contributed by atoms with Crippen LogP contribution in [0.4, 0.5) is 16.2 Å². The van der Waals surface area contributed by atoms with Gasteiger partial charge in [0, 0.05) is 18.7 Å². The van der Waals surface area contributed by atoms with Gasteiger partial charge in [-0.15, -0.1) is 5.10 Å². The summed E-state index contributed by atoms with van der Waals surface area (Å²) in [5.41, 5.74) is 2.09. The zero-order valence-corrected chi connectivity index (χ0v) is 13.6. The number of halogens is 1. The fourth-order valence-electron chi connectivity index (χ4n) is 2.76. The van der Waals surface area contributed by atoms with Gasteiger partial charge >= 0.3 is 0 Å². The minimum atomic E-state index is -0.243. The third-order valence-corrected chi connectivity index (χ3v) is 4.09. The Morgan fingerprint density at radius 3 is 2.88 bits per heavy atom. The zero-order chi connectivity index (χ0) is 16.6. The lowest BCUT2D eigenvalue weighted by Crippen LogP contribution is -2.10. The highest BCUT2D eigenvalue weighted by atomic mass is 19.1. The van der Waals surface area contributed by atoms with Crippen molar-refractivity contribution in [3.8, 4) is 0 Å². The molecule has 1 aromatic carbocycles. The number of allylic oxidation sites excluding steroid dienone is 1. The van der Waals surface area contributed by atoms with E-state index in [1.165, 1.54) is 37.3 Å². The van der Waals surface area contributed by atoms with Crippen molar-refractivity contribution in [2.45, 2.75) is 38.6 Å². The van der Waals surface area contributed by atoms with Crippen molar-refractivity contribution in [3.63, 3.8) is 0 Å². The Bertz CT molecular complexity index is 701. The molecule has 0 bridgehead atoms. The Hall–Kier alpha value is -2.50. The van der Waals surface area contributed by atoms with E-state index >= 15 is 0 Å². The number of rotatable bonds is 7. The molecule has 1 heterocycles. The van der Waals surface area contributed by atoms with E-state index in [2.05, 4.69) is 31.9 Å². The summed E-state index contributed by atoms with van der Waals surface area (Å²) in [4.78, 5) is 4.36. The molecule has 0 spiro atoms. The molecule has 0 fully saturated rings. The lowest BCUT2D eigenvalue weighted by molar-refractivity contribution is 0.612. The number of hydrogen-bond donors (Lipinski definition) is 2. The second-order valence-corrected chi connectivity index (χ2v) is 5.90. The summed E-state index contributed by atoms with van der Waals surface area (Å²) >= 11 is 0. The van der Waals surface area contributed by atoms with Crippen LogP contribution in [0.3, 0.4) is 0 Å². The number of anilines is 2. The van der Waals surface area contributed by atoms with Crippen molar-refractivity contribution in [2.75, 3.05) is 17.2 Å². The van der Waals surface area contributed by atoms with Crippen molar-refractivity contribution < 1.29 is 4.39 Å². The number of nitrogens with one attached hydrogen (secondary N) is 2. The first-order valence-corrected chi connectivity index (χ1v) is 8.40. The Balaban J connectivity index is 1.50. The average Bonchev–Trinajstić information content (AvgIpc) is 2.62. The Morgan fingerprint density at radius 2 is 2.04 bits per heavy atom. The van der Waals surface area contributed by atoms with Gasteiger partial charge in [0.15, 0.2) is 5.82 Å². The largest absolute Gasteiger partial charge is 0.368 e. The van der Waals surface area contributed by atoms with Crippen molar-refractivity contribution in [1.29, 1.82) is 0 Å². The van der Waals surface area contributed by atoms with Crippen molar-refractivity contribution in [3.05, 3.63) is 53.5 Å². The maximum absolute atomic E-state index is 13.6. The van der Waals surface area contributed by atoms with Crippen LogP contribution in [-0.4, -0.2) is 21.7 Å². The summed E-state index contributed by atoms with van der Waals surface area (Å²) in [6, 6.07) is 6.64. The molecule has 5 nitrogen and oxygen atoms in total. The minimum Gasteiger partial charge on any atom is -0.368 e. The highest BCUT2D eigenvalue weighted by Crippen LogP contribution is 2.20. The molecule has 6 heteroatoms. The molecule has 0 aliphatic heterocycles. The normalized spacial score (nSPS) is 14.1. The molecular weight excluding hydrogens is 305 g/mol. The van der Waals surface area contributed by atoms with E-state index in [0.29, 0.717) is 23.9 Å². The molecule has 0 saturated heterocycles. The summed E-state index contributed by atoms with van der Waals surface area (Å²) in [7, 11) is 0. The van der Waals surface area contributed by atoms with Crippen molar-refractivity contribution in [2.24, 2.45) is 0 Å². The van der Waals surface area contributed by atoms with E-state index < -0.39 is 0 Å². The second kappa shape index (κ2) is 8.38. The van der Waals surface area contributed by atoms with E-state index in [1.54, 1.807) is 24.4 Å². The Kier molecular flexibility index (Phi) is 5.71. The van der Waals surface area contributed by atoms with E-state index in [1.807, 2.05) is 0 Å². The molecule has 24 heavy (non-hydrogen) atoms. The van der Waals surface area contributed by atoms with Crippen LogP contribution in [-0.2, 0) is 6.54 Å². The van der Waals surface area contributed by atoms with Crippen LogP contribution in [0.2, 0.25) is 0 Å². The molecular formula is C18H22FN5. The van der Waals surface area contributed by atoms with Crippen LogP contribution in [0.5, 0.6) is 0 Å². The lowest BCUT2D eigenvalue weighted by atomic mass is 9.97. The third kappa shape index (κ3) is 4.75.